The van der Waals surface area contributed by atoms with E-state index in [4.69, 9.17) is 21.1 Å². The van der Waals surface area contributed by atoms with Crippen LogP contribution < -0.4 is 5.32 Å². The van der Waals surface area contributed by atoms with Crippen molar-refractivity contribution in [3.8, 4) is 0 Å². The number of aromatic nitrogens is 2. The fraction of sp³-hybridized carbons (Fsp3) is 0.529. The molecule has 118 valence electrons. The summed E-state index contributed by atoms with van der Waals surface area (Å²) in [5.74, 6) is 1.53. The first-order chi connectivity index (χ1) is 10.6. The SMILES string of the molecule is CNC(C)Cc1noc(C2(c3ccc(Cl)cc3)CCCC2)n1. The predicted molar refractivity (Wildman–Crippen MR) is 87.2 cm³/mol. The van der Waals surface area contributed by atoms with E-state index < -0.39 is 0 Å². The standard InChI is InChI=1S/C17H22ClN3O/c1-12(19-2)11-15-20-16(22-21-15)17(9-3-4-10-17)13-5-7-14(18)8-6-13/h5-8,12,19H,3-4,9-11H2,1-2H3. The molecule has 0 saturated heterocycles. The number of benzene rings is 1. The summed E-state index contributed by atoms with van der Waals surface area (Å²) in [5.41, 5.74) is 1.09. The van der Waals surface area contributed by atoms with Crippen molar-refractivity contribution in [2.75, 3.05) is 7.05 Å². The number of hydrogen-bond donors (Lipinski definition) is 1. The van der Waals surface area contributed by atoms with Crippen molar-refractivity contribution in [1.29, 1.82) is 0 Å². The van der Waals surface area contributed by atoms with Crippen molar-refractivity contribution in [3.63, 3.8) is 0 Å². The summed E-state index contributed by atoms with van der Waals surface area (Å²) in [5, 5.41) is 8.14. The summed E-state index contributed by atoms with van der Waals surface area (Å²) in [4.78, 5) is 4.70. The number of nitrogens with one attached hydrogen (secondary N) is 1. The lowest BCUT2D eigenvalue weighted by Gasteiger charge is -2.25. The van der Waals surface area contributed by atoms with Crippen molar-refractivity contribution in [2.24, 2.45) is 0 Å². The van der Waals surface area contributed by atoms with Gasteiger partial charge in [-0.1, -0.05) is 41.7 Å². The van der Waals surface area contributed by atoms with Crippen LogP contribution >= 0.6 is 11.6 Å². The Hall–Kier alpha value is -1.39. The Bertz CT molecular complexity index is 617. The van der Waals surface area contributed by atoms with E-state index in [9.17, 15) is 0 Å². The molecular formula is C17H22ClN3O. The molecule has 4 nitrogen and oxygen atoms in total. The molecule has 0 aliphatic heterocycles. The van der Waals surface area contributed by atoms with Crippen molar-refractivity contribution >= 4 is 11.6 Å². The molecule has 1 aliphatic rings. The molecule has 1 unspecified atom stereocenters. The Balaban J connectivity index is 1.93. The number of halogens is 1. The highest BCUT2D eigenvalue weighted by Crippen LogP contribution is 2.45. The first-order valence-electron chi connectivity index (χ1n) is 7.90. The summed E-state index contributed by atoms with van der Waals surface area (Å²) in [7, 11) is 1.94. The van der Waals surface area contributed by atoms with E-state index in [0.29, 0.717) is 6.04 Å². The maximum Gasteiger partial charge on any atom is 0.237 e. The van der Waals surface area contributed by atoms with Gasteiger partial charge in [-0.3, -0.25) is 0 Å². The number of nitrogens with zero attached hydrogens (tertiary/aromatic N) is 2. The highest BCUT2D eigenvalue weighted by atomic mass is 35.5. The first-order valence-corrected chi connectivity index (χ1v) is 8.28. The molecule has 5 heteroatoms. The zero-order valence-electron chi connectivity index (χ0n) is 13.1. The van der Waals surface area contributed by atoms with Crippen molar-refractivity contribution in [2.45, 2.75) is 50.5 Å². The third-order valence-corrected chi connectivity index (χ3v) is 4.96. The van der Waals surface area contributed by atoms with Crippen LogP contribution in [0.25, 0.3) is 0 Å². The van der Waals surface area contributed by atoms with Crippen LogP contribution in [0, 0.1) is 0 Å². The molecule has 0 radical (unpaired) electrons. The Morgan fingerprint density at radius 1 is 1.27 bits per heavy atom. The minimum Gasteiger partial charge on any atom is -0.338 e. The largest absolute Gasteiger partial charge is 0.338 e. The Morgan fingerprint density at radius 2 is 1.95 bits per heavy atom. The highest BCUT2D eigenvalue weighted by Gasteiger charge is 2.42. The molecule has 1 aromatic carbocycles. The summed E-state index contributed by atoms with van der Waals surface area (Å²) in [6.07, 6.45) is 5.26. The lowest BCUT2D eigenvalue weighted by Crippen LogP contribution is -2.25. The molecule has 1 aromatic heterocycles. The van der Waals surface area contributed by atoms with Crippen molar-refractivity contribution in [3.05, 3.63) is 46.6 Å². The molecular weight excluding hydrogens is 298 g/mol. The van der Waals surface area contributed by atoms with Gasteiger partial charge in [0.05, 0.1) is 5.41 Å². The molecule has 0 spiro atoms. The summed E-state index contributed by atoms with van der Waals surface area (Å²) >= 11 is 6.03. The molecule has 1 N–H and O–H groups in total. The Morgan fingerprint density at radius 3 is 2.59 bits per heavy atom. The molecule has 1 heterocycles. The van der Waals surface area contributed by atoms with Gasteiger partial charge in [-0.25, -0.2) is 0 Å². The van der Waals surface area contributed by atoms with Gasteiger partial charge in [-0.05, 0) is 44.5 Å². The smallest absolute Gasteiger partial charge is 0.237 e. The van der Waals surface area contributed by atoms with Crippen LogP contribution in [0.5, 0.6) is 0 Å². The zero-order chi connectivity index (χ0) is 15.6. The van der Waals surface area contributed by atoms with Gasteiger partial charge in [0.2, 0.25) is 5.89 Å². The van der Waals surface area contributed by atoms with Crippen molar-refractivity contribution in [1.82, 2.24) is 15.5 Å². The van der Waals surface area contributed by atoms with E-state index in [0.717, 1.165) is 36.0 Å². The Kier molecular flexibility index (Phi) is 4.50. The number of hydrogen-bond acceptors (Lipinski definition) is 4. The van der Waals surface area contributed by atoms with Crippen LogP contribution in [0.15, 0.2) is 28.8 Å². The maximum absolute atomic E-state index is 6.03. The summed E-state index contributed by atoms with van der Waals surface area (Å²) in [6.45, 7) is 2.11. The topological polar surface area (TPSA) is 51.0 Å². The molecule has 0 bridgehead atoms. The van der Waals surface area contributed by atoms with Gasteiger partial charge in [0.1, 0.15) is 0 Å². The molecule has 3 rings (SSSR count). The van der Waals surface area contributed by atoms with Crippen LogP contribution in [0.2, 0.25) is 5.02 Å². The lowest BCUT2D eigenvalue weighted by molar-refractivity contribution is 0.308. The molecule has 1 saturated carbocycles. The normalized spacial score (nSPS) is 18.5. The van der Waals surface area contributed by atoms with E-state index in [2.05, 4.69) is 29.5 Å². The van der Waals surface area contributed by atoms with E-state index in [1.807, 2.05) is 19.2 Å². The summed E-state index contributed by atoms with van der Waals surface area (Å²) in [6, 6.07) is 8.40. The van der Waals surface area contributed by atoms with Crippen LogP contribution in [-0.4, -0.2) is 23.2 Å². The molecule has 1 aliphatic carbocycles. The highest BCUT2D eigenvalue weighted by molar-refractivity contribution is 6.30. The monoisotopic (exact) mass is 319 g/mol. The summed E-state index contributed by atoms with van der Waals surface area (Å²) < 4.78 is 5.66. The van der Waals surface area contributed by atoms with Gasteiger partial charge < -0.3 is 9.84 Å². The minimum absolute atomic E-state index is 0.140. The van der Waals surface area contributed by atoms with E-state index in [1.165, 1.54) is 18.4 Å². The van der Waals surface area contributed by atoms with Gasteiger partial charge in [-0.15, -0.1) is 0 Å². The average molecular weight is 320 g/mol. The number of rotatable bonds is 5. The van der Waals surface area contributed by atoms with Gasteiger partial charge in [0, 0.05) is 17.5 Å². The van der Waals surface area contributed by atoms with E-state index >= 15 is 0 Å². The molecule has 2 aromatic rings. The molecule has 0 amide bonds. The molecule has 22 heavy (non-hydrogen) atoms. The lowest BCUT2D eigenvalue weighted by atomic mass is 9.79. The third-order valence-electron chi connectivity index (χ3n) is 4.71. The minimum atomic E-state index is -0.140. The average Bonchev–Trinajstić information content (AvgIpc) is 3.17. The molecule has 1 atom stereocenters. The fourth-order valence-corrected chi connectivity index (χ4v) is 3.41. The third kappa shape index (κ3) is 2.90. The van der Waals surface area contributed by atoms with Gasteiger partial charge >= 0.3 is 0 Å². The maximum atomic E-state index is 6.03. The predicted octanol–water partition coefficient (Wildman–Crippen LogP) is 3.73. The fourth-order valence-electron chi connectivity index (χ4n) is 3.28. The van der Waals surface area contributed by atoms with Crippen molar-refractivity contribution < 1.29 is 4.52 Å². The van der Waals surface area contributed by atoms with Crippen LogP contribution in [0.3, 0.4) is 0 Å². The zero-order valence-corrected chi connectivity index (χ0v) is 13.9. The van der Waals surface area contributed by atoms with Crippen LogP contribution in [-0.2, 0) is 11.8 Å². The second-order valence-corrected chi connectivity index (χ2v) is 6.64. The second-order valence-electron chi connectivity index (χ2n) is 6.21. The first kappa shape index (κ1) is 15.5. The van der Waals surface area contributed by atoms with Gasteiger partial charge in [-0.2, -0.15) is 4.98 Å². The van der Waals surface area contributed by atoms with Crippen LogP contribution in [0.4, 0.5) is 0 Å². The van der Waals surface area contributed by atoms with E-state index in [1.54, 1.807) is 0 Å². The van der Waals surface area contributed by atoms with Crippen LogP contribution in [0.1, 0.15) is 49.9 Å². The van der Waals surface area contributed by atoms with Gasteiger partial charge in [0.25, 0.3) is 0 Å². The van der Waals surface area contributed by atoms with E-state index in [-0.39, 0.29) is 5.41 Å². The quantitative estimate of drug-likeness (QED) is 0.912. The Labute approximate surface area is 136 Å². The van der Waals surface area contributed by atoms with Gasteiger partial charge in [0.15, 0.2) is 5.82 Å². The molecule has 1 fully saturated rings. The number of likely N-dealkylation sites (N-methyl/N-ethyl adjacent to an activating group) is 1. The second kappa shape index (κ2) is 6.39.